The van der Waals surface area contributed by atoms with E-state index in [2.05, 4.69) is 20.6 Å². The second kappa shape index (κ2) is 8.62. The quantitative estimate of drug-likeness (QED) is 0.401. The summed E-state index contributed by atoms with van der Waals surface area (Å²) in [6.07, 6.45) is 1.51. The van der Waals surface area contributed by atoms with E-state index >= 15 is 0 Å². The van der Waals surface area contributed by atoms with Crippen LogP contribution in [0.25, 0.3) is 10.8 Å². The van der Waals surface area contributed by atoms with Crippen LogP contribution in [-0.4, -0.2) is 31.7 Å². The minimum Gasteiger partial charge on any atom is -0.465 e. The van der Waals surface area contributed by atoms with Gasteiger partial charge in [0.1, 0.15) is 0 Å². The number of nitrogens with one attached hydrogen (secondary N) is 2. The summed E-state index contributed by atoms with van der Waals surface area (Å²) in [6.45, 7) is 0.104. The number of hydrogen-bond acceptors (Lipinski definition) is 5. The van der Waals surface area contributed by atoms with Crippen LogP contribution in [0.15, 0.2) is 71.8 Å². The highest BCUT2D eigenvalue weighted by Crippen LogP contribution is 2.22. The van der Waals surface area contributed by atoms with Crippen molar-refractivity contribution < 1.29 is 14.3 Å². The van der Waals surface area contributed by atoms with Crippen molar-refractivity contribution in [2.45, 2.75) is 0 Å². The molecule has 6 heteroatoms. The van der Waals surface area contributed by atoms with E-state index in [1.54, 1.807) is 24.3 Å². The lowest BCUT2D eigenvalue weighted by molar-refractivity contribution is -0.119. The number of carbonyl (C=O) groups excluding carboxylic acids is 2. The maximum Gasteiger partial charge on any atom is 0.337 e. The fourth-order valence-electron chi connectivity index (χ4n) is 2.60. The van der Waals surface area contributed by atoms with E-state index < -0.39 is 5.97 Å². The number of rotatable bonds is 6. The second-order valence-electron chi connectivity index (χ2n) is 5.79. The molecule has 3 aromatic carbocycles. The number of hydrogen-bond donors (Lipinski definition) is 2. The van der Waals surface area contributed by atoms with Crippen molar-refractivity contribution in [1.29, 1.82) is 0 Å². The first kappa shape index (κ1) is 18.1. The van der Waals surface area contributed by atoms with Crippen LogP contribution in [0.2, 0.25) is 0 Å². The number of anilines is 1. The molecule has 0 bridgehead atoms. The van der Waals surface area contributed by atoms with Gasteiger partial charge < -0.3 is 10.1 Å². The van der Waals surface area contributed by atoms with Gasteiger partial charge in [-0.05, 0) is 29.1 Å². The van der Waals surface area contributed by atoms with Gasteiger partial charge >= 0.3 is 5.97 Å². The predicted octanol–water partition coefficient (Wildman–Crippen LogP) is 3.19. The predicted molar refractivity (Wildman–Crippen MR) is 106 cm³/mol. The molecule has 136 valence electrons. The summed E-state index contributed by atoms with van der Waals surface area (Å²) in [5.74, 6) is -0.656. The Bertz CT molecular complexity index is 976. The van der Waals surface area contributed by atoms with Crippen LogP contribution in [0, 0.1) is 0 Å². The first-order valence-corrected chi connectivity index (χ1v) is 8.39. The molecule has 0 heterocycles. The van der Waals surface area contributed by atoms with Crippen molar-refractivity contribution in [1.82, 2.24) is 5.43 Å². The lowest BCUT2D eigenvalue weighted by Gasteiger charge is -2.08. The third-order valence-corrected chi connectivity index (χ3v) is 3.96. The number of methoxy groups -OCH3 is 1. The standard InChI is InChI=1S/C21H19N3O3/c1-27-21(26)17-11-9-15(10-12-17)13-23-24-20(25)14-22-19-8-4-6-16-5-2-3-7-18(16)19/h2-13,22H,14H2,1H3,(H,24,25). The normalized spacial score (nSPS) is 10.7. The summed E-state index contributed by atoms with van der Waals surface area (Å²) in [5, 5.41) is 9.22. The molecule has 3 rings (SSSR count). The molecule has 6 nitrogen and oxygen atoms in total. The molecule has 27 heavy (non-hydrogen) atoms. The monoisotopic (exact) mass is 361 g/mol. The summed E-state index contributed by atoms with van der Waals surface area (Å²) < 4.78 is 4.64. The number of amides is 1. The van der Waals surface area contributed by atoms with Crippen LogP contribution >= 0.6 is 0 Å². The third-order valence-electron chi connectivity index (χ3n) is 3.96. The van der Waals surface area contributed by atoms with E-state index in [-0.39, 0.29) is 12.5 Å². The van der Waals surface area contributed by atoms with E-state index in [0.29, 0.717) is 5.56 Å². The van der Waals surface area contributed by atoms with Gasteiger partial charge in [-0.2, -0.15) is 5.10 Å². The molecule has 2 N–H and O–H groups in total. The number of esters is 1. The average Bonchev–Trinajstić information content (AvgIpc) is 2.72. The third kappa shape index (κ3) is 4.70. The molecule has 0 unspecified atom stereocenters. The molecular formula is C21H19N3O3. The van der Waals surface area contributed by atoms with Gasteiger partial charge in [-0.1, -0.05) is 48.5 Å². The van der Waals surface area contributed by atoms with Crippen LogP contribution in [-0.2, 0) is 9.53 Å². The highest BCUT2D eigenvalue weighted by atomic mass is 16.5. The Morgan fingerprint density at radius 2 is 1.74 bits per heavy atom. The number of ether oxygens (including phenoxy) is 1. The zero-order chi connectivity index (χ0) is 19.1. The van der Waals surface area contributed by atoms with Crippen LogP contribution in [0.1, 0.15) is 15.9 Å². The molecule has 0 radical (unpaired) electrons. The number of benzene rings is 3. The summed E-state index contributed by atoms with van der Waals surface area (Å²) in [4.78, 5) is 23.4. The fourth-order valence-corrected chi connectivity index (χ4v) is 2.60. The Kier molecular flexibility index (Phi) is 5.79. The van der Waals surface area contributed by atoms with Crippen LogP contribution in [0.4, 0.5) is 5.69 Å². The van der Waals surface area contributed by atoms with Gasteiger partial charge in [0.15, 0.2) is 0 Å². The van der Waals surface area contributed by atoms with Crippen molar-refractivity contribution in [3.8, 4) is 0 Å². The van der Waals surface area contributed by atoms with E-state index in [4.69, 9.17) is 0 Å². The summed E-state index contributed by atoms with van der Waals surface area (Å²) in [6, 6.07) is 20.6. The molecule has 0 saturated carbocycles. The molecule has 0 aromatic heterocycles. The van der Waals surface area contributed by atoms with E-state index in [1.165, 1.54) is 13.3 Å². The van der Waals surface area contributed by atoms with Gasteiger partial charge in [0.25, 0.3) is 5.91 Å². The Balaban J connectivity index is 1.53. The number of fused-ring (bicyclic) bond motifs is 1. The van der Waals surface area contributed by atoms with E-state index in [9.17, 15) is 9.59 Å². The van der Waals surface area contributed by atoms with E-state index in [1.807, 2.05) is 42.5 Å². The molecule has 0 aliphatic heterocycles. The lowest BCUT2D eigenvalue weighted by Crippen LogP contribution is -2.25. The Hall–Kier alpha value is -3.67. The lowest BCUT2D eigenvalue weighted by atomic mass is 10.1. The van der Waals surface area contributed by atoms with Gasteiger partial charge in [0.05, 0.1) is 25.4 Å². The van der Waals surface area contributed by atoms with Crippen LogP contribution in [0.5, 0.6) is 0 Å². The van der Waals surface area contributed by atoms with Gasteiger partial charge in [0.2, 0.25) is 0 Å². The van der Waals surface area contributed by atoms with Gasteiger partial charge in [-0.25, -0.2) is 10.2 Å². The van der Waals surface area contributed by atoms with Crippen molar-refractivity contribution >= 4 is 34.6 Å². The van der Waals surface area contributed by atoms with Crippen LogP contribution < -0.4 is 10.7 Å². The molecule has 0 fully saturated rings. The van der Waals surface area contributed by atoms with Crippen molar-refractivity contribution in [3.05, 3.63) is 77.9 Å². The average molecular weight is 361 g/mol. The molecule has 0 aliphatic rings. The summed E-state index contributed by atoms with van der Waals surface area (Å²) >= 11 is 0. The molecule has 0 spiro atoms. The largest absolute Gasteiger partial charge is 0.465 e. The highest BCUT2D eigenvalue weighted by molar-refractivity contribution is 5.95. The van der Waals surface area contributed by atoms with Crippen molar-refractivity contribution in [2.75, 3.05) is 19.0 Å². The minimum atomic E-state index is -0.397. The molecule has 0 atom stereocenters. The fraction of sp³-hybridized carbons (Fsp3) is 0.0952. The van der Waals surface area contributed by atoms with Crippen LogP contribution in [0.3, 0.4) is 0 Å². The SMILES string of the molecule is COC(=O)c1ccc(C=NNC(=O)CNc2cccc3ccccc23)cc1. The highest BCUT2D eigenvalue weighted by Gasteiger charge is 2.04. The smallest absolute Gasteiger partial charge is 0.337 e. The maximum absolute atomic E-state index is 12.0. The molecular weight excluding hydrogens is 342 g/mol. The van der Waals surface area contributed by atoms with Gasteiger partial charge in [-0.3, -0.25) is 4.79 Å². The second-order valence-corrected chi connectivity index (χ2v) is 5.79. The zero-order valence-corrected chi connectivity index (χ0v) is 14.8. The molecule has 1 amide bonds. The van der Waals surface area contributed by atoms with Crippen molar-refractivity contribution in [2.24, 2.45) is 5.10 Å². The number of carbonyl (C=O) groups is 2. The first-order chi connectivity index (χ1) is 13.2. The first-order valence-electron chi connectivity index (χ1n) is 8.39. The van der Waals surface area contributed by atoms with E-state index in [0.717, 1.165) is 22.0 Å². The van der Waals surface area contributed by atoms with Gasteiger partial charge in [0, 0.05) is 11.1 Å². The van der Waals surface area contributed by atoms with Gasteiger partial charge in [-0.15, -0.1) is 0 Å². The molecule has 0 saturated heterocycles. The topological polar surface area (TPSA) is 79.8 Å². The Morgan fingerprint density at radius 3 is 2.52 bits per heavy atom. The Morgan fingerprint density at radius 1 is 1.00 bits per heavy atom. The number of nitrogens with zero attached hydrogens (tertiary/aromatic N) is 1. The zero-order valence-electron chi connectivity index (χ0n) is 14.8. The summed E-state index contributed by atoms with van der Waals surface area (Å²) in [7, 11) is 1.33. The molecule has 0 aliphatic carbocycles. The summed E-state index contributed by atoms with van der Waals surface area (Å²) in [5.41, 5.74) is 4.58. The van der Waals surface area contributed by atoms with Crippen molar-refractivity contribution in [3.63, 3.8) is 0 Å². The molecule has 3 aromatic rings. The maximum atomic E-state index is 12.0. The minimum absolute atomic E-state index is 0.104. The number of hydrazone groups is 1. The Labute approximate surface area is 156 Å².